The summed E-state index contributed by atoms with van der Waals surface area (Å²) in [5.41, 5.74) is 3.39. The summed E-state index contributed by atoms with van der Waals surface area (Å²) in [5.74, 6) is -0.140. The third-order valence-corrected chi connectivity index (χ3v) is 5.96. The van der Waals surface area contributed by atoms with Crippen LogP contribution >= 0.6 is 27.7 Å². The number of nitrogens with zero attached hydrogens (tertiary/aromatic N) is 2. The topological polar surface area (TPSA) is 46.4 Å². The predicted molar refractivity (Wildman–Crippen MR) is 108 cm³/mol. The van der Waals surface area contributed by atoms with Crippen LogP contribution in [0.25, 0.3) is 5.52 Å². The number of benzene rings is 1. The molecular formula is C19H20BrN3OS. The van der Waals surface area contributed by atoms with Crippen LogP contribution in [0.5, 0.6) is 0 Å². The van der Waals surface area contributed by atoms with Crippen LogP contribution in [0.4, 0.5) is 5.69 Å². The molecule has 0 saturated heterocycles. The monoisotopic (exact) mass is 417 g/mol. The summed E-state index contributed by atoms with van der Waals surface area (Å²) in [6.45, 7) is 6.43. The van der Waals surface area contributed by atoms with E-state index in [0.717, 1.165) is 27.7 Å². The second kappa shape index (κ2) is 7.62. The number of thioether (sulfide) groups is 1. The van der Waals surface area contributed by atoms with E-state index in [0.29, 0.717) is 10.8 Å². The average molecular weight is 418 g/mol. The van der Waals surface area contributed by atoms with Crippen molar-refractivity contribution in [1.29, 1.82) is 0 Å². The van der Waals surface area contributed by atoms with E-state index in [1.165, 1.54) is 4.90 Å². The molecule has 0 saturated carbocycles. The Balaban J connectivity index is 1.77. The fraction of sp³-hybridized carbons (Fsp3) is 0.263. The Morgan fingerprint density at radius 2 is 2.16 bits per heavy atom. The van der Waals surface area contributed by atoms with Crippen LogP contribution in [0.2, 0.25) is 0 Å². The molecule has 1 amide bonds. The van der Waals surface area contributed by atoms with Crippen molar-refractivity contribution in [2.24, 2.45) is 0 Å². The van der Waals surface area contributed by atoms with Crippen molar-refractivity contribution in [2.75, 3.05) is 5.32 Å². The number of rotatable bonds is 5. The third kappa shape index (κ3) is 4.07. The molecule has 0 fully saturated rings. The molecule has 4 nitrogen and oxygen atoms in total. The Kier molecular flexibility index (Phi) is 5.49. The Morgan fingerprint density at radius 3 is 2.88 bits per heavy atom. The van der Waals surface area contributed by atoms with E-state index in [4.69, 9.17) is 0 Å². The number of nitrogens with one attached hydrogen (secondary N) is 1. The lowest BCUT2D eigenvalue weighted by Crippen LogP contribution is -2.13. The predicted octanol–water partition coefficient (Wildman–Crippen LogP) is 5.55. The van der Waals surface area contributed by atoms with Gasteiger partial charge in [0.25, 0.3) is 5.91 Å². The number of amides is 1. The number of pyridine rings is 1. The van der Waals surface area contributed by atoms with E-state index >= 15 is 0 Å². The number of hydrogen-bond acceptors (Lipinski definition) is 3. The molecule has 2 aromatic heterocycles. The molecule has 6 heteroatoms. The first-order chi connectivity index (χ1) is 12.0. The fourth-order valence-electron chi connectivity index (χ4n) is 2.45. The molecule has 0 aliphatic carbocycles. The summed E-state index contributed by atoms with van der Waals surface area (Å²) in [4.78, 5) is 13.8. The molecule has 0 aliphatic rings. The normalized spacial score (nSPS) is 12.3. The summed E-state index contributed by atoms with van der Waals surface area (Å²) in [6.07, 6.45) is 4.58. The van der Waals surface area contributed by atoms with Crippen molar-refractivity contribution in [3.63, 3.8) is 0 Å². The minimum atomic E-state index is -0.140. The van der Waals surface area contributed by atoms with Gasteiger partial charge in [0.05, 0.1) is 21.7 Å². The Hall–Kier alpha value is -1.79. The van der Waals surface area contributed by atoms with Crippen molar-refractivity contribution in [2.45, 2.75) is 37.3 Å². The SMILES string of the molecule is CCC(C)Sc1ccc(NC(=O)c2ccc3c(Br)cnn3c2)c(C)c1. The van der Waals surface area contributed by atoms with Crippen molar-refractivity contribution < 1.29 is 4.79 Å². The minimum absolute atomic E-state index is 0.140. The first kappa shape index (κ1) is 18.0. The molecule has 1 atom stereocenters. The summed E-state index contributed by atoms with van der Waals surface area (Å²) in [7, 11) is 0. The van der Waals surface area contributed by atoms with Crippen LogP contribution in [0.15, 0.2) is 52.1 Å². The number of carbonyl (C=O) groups excluding carboxylic acids is 1. The Bertz CT molecular complexity index is 922. The standard InChI is InChI=1S/C19H20BrN3OS/c1-4-13(3)25-15-6-7-17(12(2)9-15)22-19(24)14-5-8-18-16(20)10-21-23(18)11-14/h5-11,13H,4H2,1-3H3,(H,22,24). The van der Waals surface area contributed by atoms with Gasteiger partial charge in [-0.3, -0.25) is 4.79 Å². The molecule has 0 radical (unpaired) electrons. The molecule has 25 heavy (non-hydrogen) atoms. The van der Waals surface area contributed by atoms with Gasteiger partial charge in [-0.1, -0.05) is 13.8 Å². The van der Waals surface area contributed by atoms with Crippen LogP contribution in [-0.2, 0) is 0 Å². The number of halogens is 1. The van der Waals surface area contributed by atoms with Gasteiger partial charge >= 0.3 is 0 Å². The van der Waals surface area contributed by atoms with Crippen molar-refractivity contribution >= 4 is 44.8 Å². The molecule has 1 unspecified atom stereocenters. The molecule has 0 spiro atoms. The Morgan fingerprint density at radius 1 is 1.36 bits per heavy atom. The number of carbonyl (C=O) groups is 1. The van der Waals surface area contributed by atoms with Crippen LogP contribution in [0.1, 0.15) is 36.2 Å². The second-order valence-electron chi connectivity index (χ2n) is 6.01. The highest BCUT2D eigenvalue weighted by Gasteiger charge is 2.11. The van der Waals surface area contributed by atoms with Gasteiger partial charge in [-0.15, -0.1) is 11.8 Å². The van der Waals surface area contributed by atoms with E-state index in [1.54, 1.807) is 23.0 Å². The molecule has 2 heterocycles. The lowest BCUT2D eigenvalue weighted by molar-refractivity contribution is 0.102. The molecule has 3 rings (SSSR count). The molecule has 1 aromatic carbocycles. The van der Waals surface area contributed by atoms with Crippen LogP contribution in [-0.4, -0.2) is 20.8 Å². The van der Waals surface area contributed by atoms with E-state index in [-0.39, 0.29) is 5.91 Å². The first-order valence-corrected chi connectivity index (χ1v) is 9.86. The maximum atomic E-state index is 12.6. The number of hydrogen-bond donors (Lipinski definition) is 1. The third-order valence-electron chi connectivity index (χ3n) is 4.09. The quantitative estimate of drug-likeness (QED) is 0.553. The highest BCUT2D eigenvalue weighted by molar-refractivity contribution is 9.10. The molecular weight excluding hydrogens is 398 g/mol. The zero-order valence-corrected chi connectivity index (χ0v) is 16.8. The van der Waals surface area contributed by atoms with E-state index in [9.17, 15) is 4.79 Å². The van der Waals surface area contributed by atoms with Crippen LogP contribution in [0, 0.1) is 6.92 Å². The summed E-state index contributed by atoms with van der Waals surface area (Å²) >= 11 is 5.29. The molecule has 0 bridgehead atoms. The van der Waals surface area contributed by atoms with Crippen LogP contribution < -0.4 is 5.32 Å². The smallest absolute Gasteiger partial charge is 0.257 e. The summed E-state index contributed by atoms with van der Waals surface area (Å²) in [5, 5.41) is 7.79. The maximum absolute atomic E-state index is 12.6. The van der Waals surface area contributed by atoms with Gasteiger partial charge in [0.1, 0.15) is 0 Å². The Labute approximate surface area is 160 Å². The zero-order chi connectivity index (χ0) is 18.0. The highest BCUT2D eigenvalue weighted by atomic mass is 79.9. The van der Waals surface area contributed by atoms with Gasteiger partial charge in [0.2, 0.25) is 0 Å². The number of fused-ring (bicyclic) bond motifs is 1. The van der Waals surface area contributed by atoms with E-state index in [1.807, 2.05) is 30.8 Å². The van der Waals surface area contributed by atoms with Crippen molar-refractivity contribution in [3.8, 4) is 0 Å². The average Bonchev–Trinajstić information content (AvgIpc) is 2.97. The van der Waals surface area contributed by atoms with Crippen molar-refractivity contribution in [3.05, 3.63) is 58.3 Å². The first-order valence-electron chi connectivity index (χ1n) is 8.19. The molecule has 0 aliphatic heterocycles. The largest absolute Gasteiger partial charge is 0.322 e. The van der Waals surface area contributed by atoms with E-state index in [2.05, 4.69) is 52.3 Å². The van der Waals surface area contributed by atoms with Crippen LogP contribution in [0.3, 0.4) is 0 Å². The lowest BCUT2D eigenvalue weighted by Gasteiger charge is -2.12. The van der Waals surface area contributed by atoms with Crippen molar-refractivity contribution in [1.82, 2.24) is 9.61 Å². The van der Waals surface area contributed by atoms with Gasteiger partial charge in [0, 0.05) is 22.0 Å². The van der Waals surface area contributed by atoms with Gasteiger partial charge in [0.15, 0.2) is 0 Å². The van der Waals surface area contributed by atoms with Gasteiger partial charge in [-0.25, -0.2) is 4.52 Å². The second-order valence-corrected chi connectivity index (χ2v) is 8.37. The molecule has 130 valence electrons. The van der Waals surface area contributed by atoms with Gasteiger partial charge in [-0.2, -0.15) is 5.10 Å². The fourth-order valence-corrected chi connectivity index (χ4v) is 3.88. The summed E-state index contributed by atoms with van der Waals surface area (Å²) < 4.78 is 2.60. The molecule has 3 aromatic rings. The number of aromatic nitrogens is 2. The summed E-state index contributed by atoms with van der Waals surface area (Å²) in [6, 6.07) is 9.85. The number of aryl methyl sites for hydroxylation is 1. The minimum Gasteiger partial charge on any atom is -0.322 e. The number of anilines is 1. The lowest BCUT2D eigenvalue weighted by atomic mass is 10.2. The maximum Gasteiger partial charge on any atom is 0.257 e. The zero-order valence-electron chi connectivity index (χ0n) is 14.4. The van der Waals surface area contributed by atoms with E-state index < -0.39 is 0 Å². The highest BCUT2D eigenvalue weighted by Crippen LogP contribution is 2.28. The van der Waals surface area contributed by atoms with Gasteiger partial charge in [-0.05, 0) is 65.2 Å². The molecule has 1 N–H and O–H groups in total. The van der Waals surface area contributed by atoms with Gasteiger partial charge < -0.3 is 5.32 Å².